The number of nitrogens with one attached hydrogen (secondary N) is 5. The number of carbonyl (C=O) groups excluding carboxylic acids is 2. The number of H-pyrrole nitrogens is 3. The molecule has 0 aliphatic carbocycles. The molecule has 5 N–H and O–H groups in total. The fourth-order valence-electron chi connectivity index (χ4n) is 2.48. The normalized spacial score (nSPS) is 10.7. The highest BCUT2D eigenvalue weighted by Crippen LogP contribution is 2.27. The largest absolute Gasteiger partial charge is 0.342 e. The van der Waals surface area contributed by atoms with Crippen LogP contribution in [-0.4, -0.2) is 42.2 Å². The van der Waals surface area contributed by atoms with Crippen molar-refractivity contribution in [2.75, 3.05) is 0 Å². The third-order valence-corrected chi connectivity index (χ3v) is 3.56. The first-order valence-electron chi connectivity index (χ1n) is 7.29. The van der Waals surface area contributed by atoms with Crippen LogP contribution in [0, 0.1) is 0 Å². The van der Waals surface area contributed by atoms with Crippen molar-refractivity contribution in [3.63, 3.8) is 0 Å². The maximum Gasteiger partial charge on any atom is 0.305 e. The van der Waals surface area contributed by atoms with Crippen LogP contribution >= 0.6 is 0 Å². The minimum absolute atomic E-state index is 0.0724. The Morgan fingerprint density at radius 3 is 2.88 bits per heavy atom. The van der Waals surface area contributed by atoms with Gasteiger partial charge in [-0.3, -0.25) is 20.4 Å². The van der Waals surface area contributed by atoms with Crippen LogP contribution in [0.4, 0.5) is 0 Å². The molecule has 10 heteroatoms. The molecule has 124 valence electrons. The van der Waals surface area contributed by atoms with E-state index in [1.54, 1.807) is 12.4 Å². The van der Waals surface area contributed by atoms with Crippen molar-refractivity contribution in [2.24, 2.45) is 0 Å². The molecule has 2 amide bonds. The van der Waals surface area contributed by atoms with E-state index in [0.29, 0.717) is 23.8 Å². The predicted octanol–water partition coefficient (Wildman–Crippen LogP) is 0.734. The molecule has 0 fully saturated rings. The summed E-state index contributed by atoms with van der Waals surface area (Å²) in [6.07, 6.45) is 5.27. The first-order valence-corrected chi connectivity index (χ1v) is 7.29. The average Bonchev–Trinajstić information content (AvgIpc) is 3.38. The lowest BCUT2D eigenvalue weighted by Crippen LogP contribution is -2.36. The van der Waals surface area contributed by atoms with Crippen molar-refractivity contribution < 1.29 is 9.59 Å². The maximum atomic E-state index is 11.8. The zero-order chi connectivity index (χ0) is 17.2. The van der Waals surface area contributed by atoms with Gasteiger partial charge in [0.2, 0.25) is 6.41 Å². The first kappa shape index (κ1) is 14.6. The summed E-state index contributed by atoms with van der Waals surface area (Å²) in [6.45, 7) is 0. The molecule has 0 bridgehead atoms. The van der Waals surface area contributed by atoms with E-state index in [-0.39, 0.29) is 5.82 Å². The van der Waals surface area contributed by atoms with Crippen molar-refractivity contribution in [1.82, 2.24) is 40.8 Å². The van der Waals surface area contributed by atoms with Gasteiger partial charge >= 0.3 is 5.91 Å². The number of nitrogens with zero attached hydrogens (tertiary/aromatic N) is 3. The number of para-hydroxylation sites is 1. The second-order valence-corrected chi connectivity index (χ2v) is 5.09. The van der Waals surface area contributed by atoms with Crippen LogP contribution in [0.5, 0.6) is 0 Å². The third-order valence-electron chi connectivity index (χ3n) is 3.56. The van der Waals surface area contributed by atoms with Gasteiger partial charge in [0, 0.05) is 18.0 Å². The van der Waals surface area contributed by atoms with E-state index >= 15 is 0 Å². The number of imidazole rings is 3. The number of fused-ring (bicyclic) bond motifs is 1. The topological polar surface area (TPSA) is 144 Å². The molecule has 3 aromatic heterocycles. The lowest BCUT2D eigenvalue weighted by atomic mass is 10.1. The van der Waals surface area contributed by atoms with Gasteiger partial charge in [-0.25, -0.2) is 15.0 Å². The van der Waals surface area contributed by atoms with Crippen LogP contribution in [0.2, 0.25) is 0 Å². The monoisotopic (exact) mass is 336 g/mol. The standard InChI is InChI=1S/C15H12N8O2/c24-7-19-23-15(25)14-18-6-10(21-14)8-2-1-3-9-11(8)22-13(20-9)12-16-4-5-17-12/h1-7H,(H,16,17)(H,18,21)(H,19,24)(H,20,22)(H,23,25). The number of aromatic amines is 3. The minimum Gasteiger partial charge on any atom is -0.342 e. The Morgan fingerprint density at radius 2 is 2.08 bits per heavy atom. The van der Waals surface area contributed by atoms with Gasteiger partial charge < -0.3 is 15.0 Å². The molecule has 0 saturated carbocycles. The summed E-state index contributed by atoms with van der Waals surface area (Å²) in [5.41, 5.74) is 7.21. The number of aromatic nitrogens is 6. The van der Waals surface area contributed by atoms with Gasteiger partial charge in [0.15, 0.2) is 17.5 Å². The zero-order valence-electron chi connectivity index (χ0n) is 12.7. The molecule has 0 aliphatic heterocycles. The van der Waals surface area contributed by atoms with Crippen molar-refractivity contribution >= 4 is 23.4 Å². The Morgan fingerprint density at radius 1 is 1.16 bits per heavy atom. The summed E-state index contributed by atoms with van der Waals surface area (Å²) in [4.78, 5) is 44.0. The van der Waals surface area contributed by atoms with E-state index in [1.807, 2.05) is 18.2 Å². The molecule has 25 heavy (non-hydrogen) atoms. The second-order valence-electron chi connectivity index (χ2n) is 5.09. The Kier molecular flexibility index (Phi) is 3.47. The van der Waals surface area contributed by atoms with Crippen LogP contribution in [-0.2, 0) is 4.79 Å². The Hall–Kier alpha value is -3.95. The van der Waals surface area contributed by atoms with Crippen LogP contribution in [0.25, 0.3) is 33.9 Å². The van der Waals surface area contributed by atoms with Gasteiger partial charge in [-0.2, -0.15) is 0 Å². The first-order chi connectivity index (χ1) is 12.3. The molecule has 3 heterocycles. The molecule has 0 spiro atoms. The lowest BCUT2D eigenvalue weighted by molar-refractivity contribution is -0.110. The molecule has 0 radical (unpaired) electrons. The SMILES string of the molecule is O=CNNC(=O)c1ncc(-c2cccc3[nH]c(-c4ncc[nH]4)nc23)[nH]1. The molecular weight excluding hydrogens is 324 g/mol. The molecule has 0 unspecified atom stereocenters. The Bertz CT molecular complexity index is 1050. The third kappa shape index (κ3) is 2.61. The lowest BCUT2D eigenvalue weighted by Gasteiger charge is -2.00. The molecule has 1 aromatic carbocycles. The van der Waals surface area contributed by atoms with E-state index in [9.17, 15) is 9.59 Å². The highest BCUT2D eigenvalue weighted by Gasteiger charge is 2.15. The summed E-state index contributed by atoms with van der Waals surface area (Å²) in [5, 5.41) is 0. The van der Waals surface area contributed by atoms with E-state index in [4.69, 9.17) is 0 Å². The van der Waals surface area contributed by atoms with Crippen LogP contribution in [0.1, 0.15) is 10.6 Å². The van der Waals surface area contributed by atoms with Crippen molar-refractivity contribution in [3.8, 4) is 22.9 Å². The molecule has 0 atom stereocenters. The molecule has 4 aromatic rings. The summed E-state index contributed by atoms with van der Waals surface area (Å²) < 4.78 is 0. The summed E-state index contributed by atoms with van der Waals surface area (Å²) >= 11 is 0. The Balaban J connectivity index is 1.73. The summed E-state index contributed by atoms with van der Waals surface area (Å²) in [7, 11) is 0. The molecule has 0 aliphatic rings. The number of hydrogen-bond acceptors (Lipinski definition) is 5. The number of benzene rings is 1. The van der Waals surface area contributed by atoms with Crippen LogP contribution in [0.3, 0.4) is 0 Å². The smallest absolute Gasteiger partial charge is 0.305 e. The molecule has 10 nitrogen and oxygen atoms in total. The molecular formula is C15H12N8O2. The maximum absolute atomic E-state index is 11.8. The van der Waals surface area contributed by atoms with Gasteiger partial charge in [-0.05, 0) is 6.07 Å². The summed E-state index contributed by atoms with van der Waals surface area (Å²) in [5.74, 6) is 0.763. The Labute approximate surface area is 140 Å². The fourth-order valence-corrected chi connectivity index (χ4v) is 2.48. The summed E-state index contributed by atoms with van der Waals surface area (Å²) in [6, 6.07) is 5.64. The van der Waals surface area contributed by atoms with E-state index < -0.39 is 5.91 Å². The van der Waals surface area contributed by atoms with E-state index in [2.05, 4.69) is 40.8 Å². The zero-order valence-corrected chi connectivity index (χ0v) is 12.7. The van der Waals surface area contributed by atoms with Crippen molar-refractivity contribution in [1.29, 1.82) is 0 Å². The van der Waals surface area contributed by atoms with E-state index in [1.165, 1.54) is 6.20 Å². The number of amides is 2. The quantitative estimate of drug-likeness (QED) is 0.269. The fraction of sp³-hybridized carbons (Fsp3) is 0. The van der Waals surface area contributed by atoms with Gasteiger partial charge in [0.25, 0.3) is 0 Å². The van der Waals surface area contributed by atoms with Crippen molar-refractivity contribution in [2.45, 2.75) is 0 Å². The number of carbonyl (C=O) groups is 2. The average molecular weight is 336 g/mol. The van der Waals surface area contributed by atoms with Gasteiger partial charge in [0.1, 0.15) is 0 Å². The predicted molar refractivity (Wildman–Crippen MR) is 87.9 cm³/mol. The van der Waals surface area contributed by atoms with Gasteiger partial charge in [0.05, 0.1) is 22.9 Å². The highest BCUT2D eigenvalue weighted by atomic mass is 16.2. The van der Waals surface area contributed by atoms with Gasteiger partial charge in [-0.15, -0.1) is 0 Å². The van der Waals surface area contributed by atoms with Crippen LogP contribution < -0.4 is 10.9 Å². The number of hydrazine groups is 1. The molecule has 0 saturated heterocycles. The van der Waals surface area contributed by atoms with Crippen molar-refractivity contribution in [3.05, 3.63) is 42.6 Å². The highest BCUT2D eigenvalue weighted by molar-refractivity contribution is 5.95. The van der Waals surface area contributed by atoms with Crippen LogP contribution in [0.15, 0.2) is 36.8 Å². The molecule has 4 rings (SSSR count). The number of rotatable bonds is 5. The minimum atomic E-state index is -0.552. The second kappa shape index (κ2) is 5.92. The van der Waals surface area contributed by atoms with Gasteiger partial charge in [-0.1, -0.05) is 12.1 Å². The van der Waals surface area contributed by atoms with E-state index in [0.717, 1.165) is 16.6 Å². The number of hydrogen-bond donors (Lipinski definition) is 5.